The van der Waals surface area contributed by atoms with Gasteiger partial charge in [-0.15, -0.1) is 0 Å². The summed E-state index contributed by atoms with van der Waals surface area (Å²) in [5, 5.41) is 11.0. The normalized spacial score (nSPS) is 57.1. The van der Waals surface area contributed by atoms with Crippen molar-refractivity contribution in [1.29, 1.82) is 0 Å². The monoisotopic (exact) mass is 348 g/mol. The van der Waals surface area contributed by atoms with Crippen LogP contribution in [0.15, 0.2) is 0 Å². The highest BCUT2D eigenvalue weighted by Crippen LogP contribution is 2.69. The van der Waals surface area contributed by atoms with E-state index in [1.54, 1.807) is 0 Å². The molecule has 0 unspecified atom stereocenters. The van der Waals surface area contributed by atoms with E-state index in [1.165, 1.54) is 38.5 Å². The van der Waals surface area contributed by atoms with Crippen molar-refractivity contribution in [1.82, 2.24) is 0 Å². The van der Waals surface area contributed by atoms with Gasteiger partial charge < -0.3 is 14.6 Å². The summed E-state index contributed by atoms with van der Waals surface area (Å²) >= 11 is 0. The summed E-state index contributed by atoms with van der Waals surface area (Å²) < 4.78 is 12.1. The molecule has 1 spiro atoms. The first-order valence-corrected chi connectivity index (χ1v) is 10.8. The quantitative estimate of drug-likeness (QED) is 0.699. The van der Waals surface area contributed by atoms with Gasteiger partial charge in [0.05, 0.1) is 18.8 Å². The number of fused-ring (bicyclic) bond motifs is 5. The first-order valence-electron chi connectivity index (χ1n) is 10.8. The Kier molecular flexibility index (Phi) is 3.56. The van der Waals surface area contributed by atoms with E-state index in [4.69, 9.17) is 9.47 Å². The molecule has 25 heavy (non-hydrogen) atoms. The van der Waals surface area contributed by atoms with Crippen molar-refractivity contribution >= 4 is 0 Å². The Morgan fingerprint density at radius 1 is 0.800 bits per heavy atom. The molecule has 0 radical (unpaired) electrons. The maximum Gasteiger partial charge on any atom is 0.168 e. The summed E-state index contributed by atoms with van der Waals surface area (Å²) in [4.78, 5) is 0. The second kappa shape index (κ2) is 5.23. The fourth-order valence-corrected chi connectivity index (χ4v) is 8.20. The van der Waals surface area contributed by atoms with Crippen LogP contribution in [0.25, 0.3) is 0 Å². The average Bonchev–Trinajstić information content (AvgIpc) is 3.11. The van der Waals surface area contributed by atoms with Crippen LogP contribution >= 0.6 is 0 Å². The molecule has 5 rings (SSSR count). The van der Waals surface area contributed by atoms with Crippen LogP contribution in [0.4, 0.5) is 0 Å². The molecule has 0 aromatic carbocycles. The van der Waals surface area contributed by atoms with Gasteiger partial charge in [-0.25, -0.2) is 0 Å². The third-order valence-electron chi connectivity index (χ3n) is 10.0. The maximum atomic E-state index is 11.0. The van der Waals surface area contributed by atoms with Crippen molar-refractivity contribution < 1.29 is 14.6 Å². The second-order valence-corrected chi connectivity index (χ2v) is 10.7. The molecule has 0 aromatic heterocycles. The molecule has 0 bridgehead atoms. The van der Waals surface area contributed by atoms with Crippen molar-refractivity contribution in [3.63, 3.8) is 0 Å². The molecule has 1 heterocycles. The van der Waals surface area contributed by atoms with Gasteiger partial charge in [0, 0.05) is 12.8 Å². The van der Waals surface area contributed by atoms with Gasteiger partial charge in [-0.05, 0) is 86.4 Å². The van der Waals surface area contributed by atoms with Gasteiger partial charge in [0.25, 0.3) is 0 Å². The minimum atomic E-state index is -0.456. The molecular formula is C22H36O3. The molecule has 142 valence electrons. The lowest BCUT2D eigenvalue weighted by atomic mass is 9.44. The Bertz CT molecular complexity index is 551. The van der Waals surface area contributed by atoms with Gasteiger partial charge in [0.1, 0.15) is 0 Å². The van der Waals surface area contributed by atoms with Gasteiger partial charge in [0.15, 0.2) is 5.79 Å². The van der Waals surface area contributed by atoms with E-state index < -0.39 is 5.60 Å². The number of ether oxygens (including phenoxy) is 2. The largest absolute Gasteiger partial charge is 0.390 e. The van der Waals surface area contributed by atoms with Crippen LogP contribution in [0.1, 0.15) is 78.6 Å². The van der Waals surface area contributed by atoms with Gasteiger partial charge in [-0.3, -0.25) is 0 Å². The van der Waals surface area contributed by atoms with Crippen LogP contribution in [0.2, 0.25) is 0 Å². The SMILES string of the molecule is C[C@]12CCC3(C[C@@H]1CC[C@@H]1[C@@H]2CC[C@]2(C)[C@H]1CC[C@]2(C)O)OCCO3. The lowest BCUT2D eigenvalue weighted by Crippen LogP contribution is -2.57. The van der Waals surface area contributed by atoms with E-state index in [0.717, 1.165) is 56.1 Å². The second-order valence-electron chi connectivity index (χ2n) is 10.7. The number of rotatable bonds is 0. The van der Waals surface area contributed by atoms with E-state index >= 15 is 0 Å². The predicted molar refractivity (Wildman–Crippen MR) is 97.0 cm³/mol. The van der Waals surface area contributed by atoms with Crippen LogP contribution in [-0.4, -0.2) is 29.7 Å². The summed E-state index contributed by atoms with van der Waals surface area (Å²) in [6.07, 6.45) is 10.9. The summed E-state index contributed by atoms with van der Waals surface area (Å²) in [6, 6.07) is 0. The molecule has 4 aliphatic carbocycles. The molecule has 1 saturated heterocycles. The molecule has 4 saturated carbocycles. The predicted octanol–water partition coefficient (Wildman–Crippen LogP) is 4.52. The van der Waals surface area contributed by atoms with E-state index in [2.05, 4.69) is 20.8 Å². The Hall–Kier alpha value is -0.120. The molecule has 1 aliphatic heterocycles. The fourth-order valence-electron chi connectivity index (χ4n) is 8.20. The summed E-state index contributed by atoms with van der Waals surface area (Å²) in [5.74, 6) is 2.92. The van der Waals surface area contributed by atoms with Crippen LogP contribution < -0.4 is 0 Å². The van der Waals surface area contributed by atoms with Crippen LogP contribution in [0.3, 0.4) is 0 Å². The highest BCUT2D eigenvalue weighted by atomic mass is 16.7. The van der Waals surface area contributed by atoms with Gasteiger partial charge >= 0.3 is 0 Å². The minimum absolute atomic E-state index is 0.144. The zero-order valence-electron chi connectivity index (χ0n) is 16.4. The molecule has 3 nitrogen and oxygen atoms in total. The highest BCUT2D eigenvalue weighted by Gasteiger charge is 2.64. The van der Waals surface area contributed by atoms with E-state index in [1.807, 2.05) is 0 Å². The highest BCUT2D eigenvalue weighted by molar-refractivity contribution is 5.13. The summed E-state index contributed by atoms with van der Waals surface area (Å²) in [6.45, 7) is 8.66. The molecule has 3 heteroatoms. The van der Waals surface area contributed by atoms with Gasteiger partial charge in [-0.1, -0.05) is 13.8 Å². The molecule has 7 atom stereocenters. The Morgan fingerprint density at radius 2 is 1.52 bits per heavy atom. The van der Waals surface area contributed by atoms with Crippen LogP contribution in [-0.2, 0) is 9.47 Å². The first kappa shape index (κ1) is 17.0. The zero-order chi connectivity index (χ0) is 17.5. The Labute approximate surface area is 152 Å². The maximum absolute atomic E-state index is 11.0. The summed E-state index contributed by atoms with van der Waals surface area (Å²) in [5.41, 5.74) is 0.146. The standard InChI is InChI=1S/C22H36O3/c1-19-10-11-22(24-12-13-25-22)14-15(19)4-5-16-17(19)6-8-20(2)18(16)7-9-21(20,3)23/h15-18,23H,4-14H2,1-3H3/t15-,16+,17-,18-,19-,20+,21-/m0/s1. The van der Waals surface area contributed by atoms with E-state index in [9.17, 15) is 5.11 Å². The lowest BCUT2D eigenvalue weighted by molar-refractivity contribution is -0.232. The van der Waals surface area contributed by atoms with Gasteiger partial charge in [-0.2, -0.15) is 0 Å². The van der Waals surface area contributed by atoms with Crippen molar-refractivity contribution in [2.45, 2.75) is 89.9 Å². The molecule has 0 amide bonds. The van der Waals surface area contributed by atoms with E-state index in [0.29, 0.717) is 5.41 Å². The van der Waals surface area contributed by atoms with Crippen LogP contribution in [0.5, 0.6) is 0 Å². The average molecular weight is 349 g/mol. The van der Waals surface area contributed by atoms with Gasteiger partial charge in [0.2, 0.25) is 0 Å². The van der Waals surface area contributed by atoms with Crippen LogP contribution in [0, 0.1) is 34.5 Å². The molecular weight excluding hydrogens is 312 g/mol. The molecule has 1 N–H and O–H groups in total. The van der Waals surface area contributed by atoms with E-state index in [-0.39, 0.29) is 11.2 Å². The van der Waals surface area contributed by atoms with Crippen molar-refractivity contribution in [2.75, 3.05) is 13.2 Å². The van der Waals surface area contributed by atoms with Crippen molar-refractivity contribution in [3.8, 4) is 0 Å². The third kappa shape index (κ3) is 2.15. The third-order valence-corrected chi connectivity index (χ3v) is 10.0. The number of hydrogen-bond acceptors (Lipinski definition) is 3. The van der Waals surface area contributed by atoms with Crippen molar-refractivity contribution in [2.24, 2.45) is 34.5 Å². The molecule has 5 aliphatic rings. The zero-order valence-corrected chi connectivity index (χ0v) is 16.4. The molecule has 5 fully saturated rings. The smallest absolute Gasteiger partial charge is 0.168 e. The topological polar surface area (TPSA) is 38.7 Å². The fraction of sp³-hybridized carbons (Fsp3) is 1.00. The Morgan fingerprint density at radius 3 is 2.28 bits per heavy atom. The molecule has 0 aromatic rings. The van der Waals surface area contributed by atoms with Crippen molar-refractivity contribution in [3.05, 3.63) is 0 Å². The summed E-state index contributed by atoms with van der Waals surface area (Å²) in [7, 11) is 0. The lowest BCUT2D eigenvalue weighted by Gasteiger charge is -2.62. The minimum Gasteiger partial charge on any atom is -0.390 e. The number of hydrogen-bond donors (Lipinski definition) is 1. The Balaban J connectivity index is 1.41. The first-order chi connectivity index (χ1) is 11.8. The number of aliphatic hydroxyl groups is 1.